The average Bonchev–Trinajstić information content (AvgIpc) is 3.35. The van der Waals surface area contributed by atoms with Crippen molar-refractivity contribution in [1.29, 1.82) is 0 Å². The van der Waals surface area contributed by atoms with E-state index in [0.29, 0.717) is 5.56 Å². The number of carbonyl (C=O) groups excluding carboxylic acids is 1. The van der Waals surface area contributed by atoms with Crippen LogP contribution in [0.1, 0.15) is 27.2 Å². The van der Waals surface area contributed by atoms with Gasteiger partial charge in [-0.3, -0.25) is 14.9 Å². The summed E-state index contributed by atoms with van der Waals surface area (Å²) in [5.74, 6) is -0.494. The number of non-ortho nitro benzene ring substituents is 1. The number of hydrazone groups is 1. The molecule has 8 nitrogen and oxygen atoms in total. The summed E-state index contributed by atoms with van der Waals surface area (Å²) in [5, 5.41) is 21.9. The molecule has 182 valence electrons. The summed E-state index contributed by atoms with van der Waals surface area (Å²) in [5.41, 5.74) is 7.63. The Morgan fingerprint density at radius 1 is 0.973 bits per heavy atom. The van der Waals surface area contributed by atoms with E-state index in [0.717, 1.165) is 38.8 Å². The number of nitro groups is 1. The van der Waals surface area contributed by atoms with Crippen molar-refractivity contribution >= 4 is 28.6 Å². The molecule has 0 saturated heterocycles. The second kappa shape index (κ2) is 9.87. The summed E-state index contributed by atoms with van der Waals surface area (Å²) in [6.07, 6.45) is 1.39. The van der Waals surface area contributed by atoms with E-state index in [1.165, 1.54) is 18.3 Å². The number of carbonyl (C=O) groups is 1. The second-order valence-electron chi connectivity index (χ2n) is 8.69. The fourth-order valence-corrected chi connectivity index (χ4v) is 4.11. The third-order valence-electron chi connectivity index (χ3n) is 6.13. The van der Waals surface area contributed by atoms with Crippen LogP contribution in [0.2, 0.25) is 0 Å². The van der Waals surface area contributed by atoms with Crippen molar-refractivity contribution in [2.24, 2.45) is 5.10 Å². The van der Waals surface area contributed by atoms with Crippen LogP contribution in [-0.2, 0) is 0 Å². The van der Waals surface area contributed by atoms with Crippen LogP contribution in [0, 0.1) is 24.0 Å². The van der Waals surface area contributed by atoms with Gasteiger partial charge in [-0.05, 0) is 48.4 Å². The van der Waals surface area contributed by atoms with Crippen molar-refractivity contribution in [2.45, 2.75) is 13.8 Å². The Morgan fingerprint density at radius 3 is 2.51 bits per heavy atom. The van der Waals surface area contributed by atoms with Crippen LogP contribution < -0.4 is 5.43 Å². The molecule has 0 spiro atoms. The first-order chi connectivity index (χ1) is 17.9. The molecule has 0 unspecified atom stereocenters. The highest BCUT2D eigenvalue weighted by Gasteiger charge is 2.18. The Balaban J connectivity index is 1.51. The summed E-state index contributed by atoms with van der Waals surface area (Å²) < 4.78 is 1.75. The molecule has 0 saturated carbocycles. The van der Waals surface area contributed by atoms with Crippen LogP contribution in [0.15, 0.2) is 96.1 Å². The molecule has 1 N–H and O–H groups in total. The summed E-state index contributed by atoms with van der Waals surface area (Å²) in [4.78, 5) is 23.6. The number of rotatable bonds is 6. The van der Waals surface area contributed by atoms with Gasteiger partial charge in [0.25, 0.3) is 11.6 Å². The first-order valence-corrected chi connectivity index (χ1v) is 11.6. The molecule has 8 heteroatoms. The Bertz CT molecular complexity index is 1660. The minimum Gasteiger partial charge on any atom is -0.265 e. The minimum atomic E-state index is -0.494. The van der Waals surface area contributed by atoms with Crippen LogP contribution in [0.25, 0.3) is 27.7 Å². The molecule has 0 atom stereocenters. The molecule has 0 aliphatic heterocycles. The maximum absolute atomic E-state index is 13.0. The quantitative estimate of drug-likeness (QED) is 0.180. The van der Waals surface area contributed by atoms with Crippen molar-refractivity contribution in [3.05, 3.63) is 123 Å². The van der Waals surface area contributed by atoms with E-state index in [-0.39, 0.29) is 11.4 Å². The first kappa shape index (κ1) is 23.6. The predicted octanol–water partition coefficient (Wildman–Crippen LogP) is 5.98. The van der Waals surface area contributed by atoms with E-state index in [1.807, 2.05) is 80.6 Å². The molecule has 37 heavy (non-hydrogen) atoms. The van der Waals surface area contributed by atoms with Gasteiger partial charge in [0.2, 0.25) is 0 Å². The molecule has 5 aromatic rings. The molecular weight excluding hydrogens is 466 g/mol. The standard InChI is InChI=1S/C29H23N5O3/c1-19-10-13-23(14-11-19)33-28(26-9-5-7-21-6-3-4-8-25(21)26)17-27(32-33)29(35)31-30-18-22-16-24(34(36)37)15-12-20(22)2/h3-18H,1-2H3,(H,31,35)/b30-18-. The highest BCUT2D eigenvalue weighted by molar-refractivity contribution is 5.99. The van der Waals surface area contributed by atoms with Gasteiger partial charge < -0.3 is 0 Å². The smallest absolute Gasteiger partial charge is 0.265 e. The predicted molar refractivity (Wildman–Crippen MR) is 144 cm³/mol. The summed E-state index contributed by atoms with van der Waals surface area (Å²) in [7, 11) is 0. The molecule has 5 rings (SSSR count). The van der Waals surface area contributed by atoms with Gasteiger partial charge in [-0.2, -0.15) is 10.2 Å². The highest BCUT2D eigenvalue weighted by Crippen LogP contribution is 2.31. The molecule has 1 aromatic heterocycles. The largest absolute Gasteiger partial charge is 0.291 e. The number of hydrogen-bond acceptors (Lipinski definition) is 5. The maximum Gasteiger partial charge on any atom is 0.291 e. The van der Waals surface area contributed by atoms with Crippen molar-refractivity contribution in [1.82, 2.24) is 15.2 Å². The molecule has 0 aliphatic rings. The van der Waals surface area contributed by atoms with Crippen LogP contribution in [0.5, 0.6) is 0 Å². The number of amides is 1. The van der Waals surface area contributed by atoms with Gasteiger partial charge in [-0.1, -0.05) is 66.2 Å². The van der Waals surface area contributed by atoms with Gasteiger partial charge in [0.15, 0.2) is 5.69 Å². The van der Waals surface area contributed by atoms with E-state index >= 15 is 0 Å². The van der Waals surface area contributed by atoms with E-state index in [4.69, 9.17) is 0 Å². The third-order valence-corrected chi connectivity index (χ3v) is 6.13. The molecule has 0 bridgehead atoms. The van der Waals surface area contributed by atoms with Gasteiger partial charge >= 0.3 is 0 Å². The lowest BCUT2D eigenvalue weighted by Gasteiger charge is -2.10. The fraction of sp³-hybridized carbons (Fsp3) is 0.0690. The molecule has 1 amide bonds. The lowest BCUT2D eigenvalue weighted by molar-refractivity contribution is -0.384. The van der Waals surface area contributed by atoms with E-state index in [9.17, 15) is 14.9 Å². The second-order valence-corrected chi connectivity index (χ2v) is 8.69. The zero-order chi connectivity index (χ0) is 25.9. The number of fused-ring (bicyclic) bond motifs is 1. The van der Waals surface area contributed by atoms with Crippen molar-refractivity contribution in [3.63, 3.8) is 0 Å². The number of aryl methyl sites for hydroxylation is 2. The van der Waals surface area contributed by atoms with Crippen LogP contribution in [-0.4, -0.2) is 26.8 Å². The Hall–Kier alpha value is -5.11. The fourth-order valence-electron chi connectivity index (χ4n) is 4.11. The molecule has 1 heterocycles. The van der Waals surface area contributed by atoms with E-state index < -0.39 is 10.8 Å². The number of nitrogens with one attached hydrogen (secondary N) is 1. The number of aromatic nitrogens is 2. The van der Waals surface area contributed by atoms with Gasteiger partial charge in [-0.25, -0.2) is 10.1 Å². The molecular formula is C29H23N5O3. The van der Waals surface area contributed by atoms with E-state index in [1.54, 1.807) is 16.8 Å². The SMILES string of the molecule is Cc1ccc(-n2nc(C(=O)N/N=C\c3cc([N+](=O)[O-])ccc3C)cc2-c2cccc3ccccc23)cc1. The highest BCUT2D eigenvalue weighted by atomic mass is 16.6. The third kappa shape index (κ3) is 4.85. The summed E-state index contributed by atoms with van der Waals surface area (Å²) in [6, 6.07) is 28.2. The first-order valence-electron chi connectivity index (χ1n) is 11.6. The molecule has 0 radical (unpaired) electrons. The monoisotopic (exact) mass is 489 g/mol. The summed E-state index contributed by atoms with van der Waals surface area (Å²) >= 11 is 0. The van der Waals surface area contributed by atoms with Gasteiger partial charge in [0.1, 0.15) is 0 Å². The number of hydrogen-bond donors (Lipinski definition) is 1. The zero-order valence-electron chi connectivity index (χ0n) is 20.3. The Morgan fingerprint density at radius 2 is 1.73 bits per heavy atom. The number of nitro benzene ring substituents is 1. The normalized spacial score (nSPS) is 11.2. The van der Waals surface area contributed by atoms with Crippen LogP contribution in [0.3, 0.4) is 0 Å². The lowest BCUT2D eigenvalue weighted by Crippen LogP contribution is -2.18. The number of benzene rings is 4. The molecule has 0 fully saturated rings. The average molecular weight is 490 g/mol. The maximum atomic E-state index is 13.0. The molecule has 4 aromatic carbocycles. The lowest BCUT2D eigenvalue weighted by atomic mass is 10.0. The van der Waals surface area contributed by atoms with E-state index in [2.05, 4.69) is 15.6 Å². The van der Waals surface area contributed by atoms with Crippen molar-refractivity contribution in [2.75, 3.05) is 0 Å². The van der Waals surface area contributed by atoms with Crippen molar-refractivity contribution < 1.29 is 9.72 Å². The summed E-state index contributed by atoms with van der Waals surface area (Å²) in [6.45, 7) is 3.82. The zero-order valence-corrected chi connectivity index (χ0v) is 20.3. The van der Waals surface area contributed by atoms with Gasteiger partial charge in [0.05, 0.1) is 22.5 Å². The van der Waals surface area contributed by atoms with Gasteiger partial charge in [0, 0.05) is 23.3 Å². The van der Waals surface area contributed by atoms with Crippen LogP contribution in [0.4, 0.5) is 5.69 Å². The topological polar surface area (TPSA) is 102 Å². The van der Waals surface area contributed by atoms with Gasteiger partial charge in [-0.15, -0.1) is 0 Å². The van der Waals surface area contributed by atoms with Crippen molar-refractivity contribution in [3.8, 4) is 16.9 Å². The Kier molecular flexibility index (Phi) is 6.30. The molecule has 0 aliphatic carbocycles. The minimum absolute atomic E-state index is 0.0463. The van der Waals surface area contributed by atoms with Crippen LogP contribution >= 0.6 is 0 Å². The Labute approximate surface area is 213 Å². The number of nitrogens with zero attached hydrogens (tertiary/aromatic N) is 4.